The second-order valence-corrected chi connectivity index (χ2v) is 10.9. The molecule has 0 fully saturated rings. The molecular weight excluding hydrogens is 809 g/mol. The van der Waals surface area contributed by atoms with E-state index in [0.29, 0.717) is 34.5 Å². The van der Waals surface area contributed by atoms with E-state index in [0.717, 1.165) is 0 Å². The third kappa shape index (κ3) is 14.3. The Bertz CT molecular complexity index is 1280. The zero-order valence-electron chi connectivity index (χ0n) is 26.0. The summed E-state index contributed by atoms with van der Waals surface area (Å²) in [6.45, 7) is 0. The van der Waals surface area contributed by atoms with Gasteiger partial charge in [0, 0.05) is 0 Å². The van der Waals surface area contributed by atoms with Crippen LogP contribution in [-0.2, 0) is 21.1 Å². The Labute approximate surface area is 295 Å². The fourth-order valence-electron chi connectivity index (χ4n) is 3.52. The second-order valence-electron chi connectivity index (χ2n) is 8.87. The van der Waals surface area contributed by atoms with E-state index in [4.69, 9.17) is 27.1 Å². The summed E-state index contributed by atoms with van der Waals surface area (Å²) in [5.74, 6) is 4.25. The van der Waals surface area contributed by atoms with Crippen molar-refractivity contribution >= 4 is 17.2 Å². The fraction of sp³-hybridized carbons (Fsp3) is 0. The summed E-state index contributed by atoms with van der Waals surface area (Å²) >= 11 is 0. The first kappa shape index (κ1) is 38.8. The van der Waals surface area contributed by atoms with E-state index >= 15 is 0 Å². The van der Waals surface area contributed by atoms with Gasteiger partial charge < -0.3 is 42.0 Å². The van der Waals surface area contributed by atoms with Crippen molar-refractivity contribution in [2.45, 2.75) is 0 Å². The first-order chi connectivity index (χ1) is 21.8. The second kappa shape index (κ2) is 22.2. The predicted octanol–water partition coefficient (Wildman–Crippen LogP) is 11.8. The van der Waals surface area contributed by atoms with Crippen molar-refractivity contribution in [1.82, 2.24) is 0 Å². The van der Waals surface area contributed by atoms with Gasteiger partial charge in [-0.3, -0.25) is 0 Å². The summed E-state index contributed by atoms with van der Waals surface area (Å²) in [7, 11) is -3.18. The van der Waals surface area contributed by atoms with Crippen molar-refractivity contribution in [1.29, 1.82) is 0 Å². The van der Waals surface area contributed by atoms with Crippen LogP contribution in [0.1, 0.15) is 0 Å². The van der Waals surface area contributed by atoms with Crippen molar-refractivity contribution in [3.8, 4) is 34.5 Å². The molecule has 0 amide bonds. The van der Waals surface area contributed by atoms with Gasteiger partial charge in [0.1, 0.15) is 34.5 Å². The minimum atomic E-state index is -1.59. The van der Waals surface area contributed by atoms with Crippen LogP contribution >= 0.6 is 17.2 Å². The average Bonchev–Trinajstić information content (AvgIpc) is 3.08. The van der Waals surface area contributed by atoms with Crippen molar-refractivity contribution in [3.63, 3.8) is 0 Å². The van der Waals surface area contributed by atoms with Crippen LogP contribution in [0, 0.1) is 14.9 Å². The Morgan fingerprint density at radius 1 is 0.234 bits per heavy atom. The Kier molecular flexibility index (Phi) is 18.4. The smallest absolute Gasteiger partial charge is 0.409 e. The van der Waals surface area contributed by atoms with Gasteiger partial charge in [0.05, 0.1) is 0 Å². The van der Waals surface area contributed by atoms with Gasteiger partial charge in [-0.1, -0.05) is 109 Å². The monoisotopic (exact) mass is 845 g/mol. The van der Waals surface area contributed by atoms with Gasteiger partial charge in [-0.2, -0.15) is 0 Å². The summed E-state index contributed by atoms with van der Waals surface area (Å²) in [5, 5.41) is 0. The molecule has 0 aliphatic heterocycles. The molecule has 6 aromatic rings. The van der Waals surface area contributed by atoms with Gasteiger partial charge in [0.15, 0.2) is 0 Å². The van der Waals surface area contributed by atoms with Gasteiger partial charge in [0.2, 0.25) is 0 Å². The predicted molar refractivity (Wildman–Crippen MR) is 189 cm³/mol. The third-order valence-electron chi connectivity index (χ3n) is 5.54. The Morgan fingerprint density at radius 2 is 0.362 bits per heavy atom. The van der Waals surface area contributed by atoms with Crippen LogP contribution in [0.5, 0.6) is 34.5 Å². The van der Waals surface area contributed by atoms with Crippen LogP contribution < -0.4 is 27.1 Å². The van der Waals surface area contributed by atoms with Crippen molar-refractivity contribution in [2.75, 3.05) is 0 Å². The zero-order chi connectivity index (χ0) is 30.1. The maximum Gasteiger partial charge on any atom is 2.00 e. The van der Waals surface area contributed by atoms with E-state index < -0.39 is 17.2 Å². The molecule has 0 saturated carbocycles. The van der Waals surface area contributed by atoms with Crippen LogP contribution in [0.2, 0.25) is 0 Å². The number of hydrogen-bond donors (Lipinski definition) is 0. The molecule has 244 valence electrons. The van der Waals surface area contributed by atoms with Gasteiger partial charge in [-0.25, -0.2) is 0 Å². The van der Waals surface area contributed by atoms with Crippen LogP contribution in [0.3, 0.4) is 0 Å². The van der Waals surface area contributed by atoms with Crippen LogP contribution in [0.15, 0.2) is 182 Å². The minimum Gasteiger partial charge on any atom is -0.409 e. The Morgan fingerprint density at radius 3 is 0.489 bits per heavy atom. The van der Waals surface area contributed by atoms with Crippen molar-refractivity contribution in [3.05, 3.63) is 197 Å². The molecule has 47 heavy (non-hydrogen) atoms. The van der Waals surface area contributed by atoms with Gasteiger partial charge in [-0.15, -0.1) is 0 Å². The molecule has 0 unspecified atom stereocenters. The fourth-order valence-corrected chi connectivity index (χ4v) is 5.50. The molecule has 0 saturated heterocycles. The maximum atomic E-state index is 5.84. The van der Waals surface area contributed by atoms with Gasteiger partial charge >= 0.3 is 38.3 Å². The molecule has 0 bridgehead atoms. The first-order valence-electron chi connectivity index (χ1n) is 13.8. The molecule has 0 radical (unpaired) electrons. The van der Waals surface area contributed by atoms with E-state index in [9.17, 15) is 0 Å². The number of rotatable bonds is 12. The minimum absolute atomic E-state index is 0. The summed E-state index contributed by atoms with van der Waals surface area (Å²) in [6.07, 6.45) is 0. The maximum absolute atomic E-state index is 5.84. The van der Waals surface area contributed by atoms with Crippen LogP contribution in [0.25, 0.3) is 0 Å². The number of benzene rings is 6. The van der Waals surface area contributed by atoms with E-state index in [-0.39, 0.29) is 35.9 Å². The van der Waals surface area contributed by atoms with E-state index in [2.05, 4.69) is 0 Å². The Hall–Kier alpha value is -4.33. The standard InChI is InChI=1S/2C18H15O3P.2CH3.Pt/c2*1-4-10-16(11-5-1)19-22(20-17-12-6-2-7-13-17)21-18-14-8-3-9-15-18;;;/h2*1-15H;2*1H3;/q;;2*-1;+2. The number of para-hydroxylation sites is 6. The summed E-state index contributed by atoms with van der Waals surface area (Å²) in [6, 6.07) is 57.0. The molecule has 0 aliphatic rings. The van der Waals surface area contributed by atoms with E-state index in [1.807, 2.05) is 182 Å². The van der Waals surface area contributed by atoms with Gasteiger partial charge in [-0.05, 0) is 72.8 Å². The zero-order valence-corrected chi connectivity index (χ0v) is 30.0. The molecule has 0 atom stereocenters. The third-order valence-corrected chi connectivity index (χ3v) is 7.70. The normalized spacial score (nSPS) is 9.57. The van der Waals surface area contributed by atoms with Crippen LogP contribution in [-0.4, -0.2) is 0 Å². The summed E-state index contributed by atoms with van der Waals surface area (Å²) in [4.78, 5) is 0. The SMILES string of the molecule is [CH3-].[CH3-].[Pt+2].c1ccc(OP(Oc2ccccc2)Oc2ccccc2)cc1.c1ccc(OP(Oc2ccccc2)Oc2ccccc2)cc1. The molecule has 6 rings (SSSR count). The average molecular weight is 846 g/mol. The number of hydrogen-bond acceptors (Lipinski definition) is 6. The topological polar surface area (TPSA) is 55.4 Å². The van der Waals surface area contributed by atoms with E-state index in [1.165, 1.54) is 0 Å². The molecular formula is C38H36O6P2Pt. The first-order valence-corrected chi connectivity index (χ1v) is 16.0. The molecule has 0 heterocycles. The van der Waals surface area contributed by atoms with Crippen molar-refractivity contribution in [2.24, 2.45) is 0 Å². The molecule has 0 spiro atoms. The molecule has 0 aromatic heterocycles. The largest absolute Gasteiger partial charge is 2.00 e. The quantitative estimate of drug-likeness (QED) is 0.0903. The molecule has 0 aliphatic carbocycles. The van der Waals surface area contributed by atoms with Crippen molar-refractivity contribution < 1.29 is 48.2 Å². The van der Waals surface area contributed by atoms with Crippen LogP contribution in [0.4, 0.5) is 0 Å². The molecule has 0 N–H and O–H groups in total. The molecule has 6 nitrogen and oxygen atoms in total. The summed E-state index contributed by atoms with van der Waals surface area (Å²) < 4.78 is 35.1. The van der Waals surface area contributed by atoms with Gasteiger partial charge in [0.25, 0.3) is 0 Å². The molecule has 6 aromatic carbocycles. The Balaban J connectivity index is 0.000000307. The molecule has 9 heteroatoms. The summed E-state index contributed by atoms with van der Waals surface area (Å²) in [5.41, 5.74) is 0. The van der Waals surface area contributed by atoms with E-state index in [1.54, 1.807) is 0 Å².